The van der Waals surface area contributed by atoms with Crippen molar-refractivity contribution < 1.29 is 13.9 Å². The van der Waals surface area contributed by atoms with Gasteiger partial charge in [0, 0.05) is 0 Å². The van der Waals surface area contributed by atoms with Crippen molar-refractivity contribution in [2.75, 3.05) is 7.11 Å². The molecule has 0 saturated heterocycles. The Morgan fingerprint density at radius 1 is 1.50 bits per heavy atom. The van der Waals surface area contributed by atoms with Crippen LogP contribution in [0.15, 0.2) is 30.4 Å². The van der Waals surface area contributed by atoms with Crippen LogP contribution in [0.5, 0.6) is 5.75 Å². The number of para-hydroxylation sites is 1. The summed E-state index contributed by atoms with van der Waals surface area (Å²) in [7, 11) is 1.34. The smallest absolute Gasteiger partial charge is 0.189 e. The van der Waals surface area contributed by atoms with Gasteiger partial charge in [-0.2, -0.15) is 0 Å². The molecule has 0 heterocycles. The molecule has 0 unspecified atom stereocenters. The Morgan fingerprint density at radius 2 is 2.21 bits per heavy atom. The largest absolute Gasteiger partial charge is 0.493 e. The summed E-state index contributed by atoms with van der Waals surface area (Å²) in [6.45, 7) is 1.73. The molecular weight excluding hydrogens is 183 g/mol. The maximum absolute atomic E-state index is 13.1. The van der Waals surface area contributed by atoms with Crippen LogP contribution in [0.2, 0.25) is 0 Å². The van der Waals surface area contributed by atoms with Crippen LogP contribution in [0.3, 0.4) is 0 Å². The molecule has 74 valence electrons. The highest BCUT2D eigenvalue weighted by atomic mass is 19.1. The van der Waals surface area contributed by atoms with Crippen LogP contribution in [0.4, 0.5) is 4.39 Å². The molecule has 1 aromatic rings. The second-order valence-electron chi connectivity index (χ2n) is 2.68. The minimum atomic E-state index is -0.525. The van der Waals surface area contributed by atoms with Crippen molar-refractivity contribution >= 4 is 5.78 Å². The lowest BCUT2D eigenvalue weighted by atomic mass is 10.1. The van der Waals surface area contributed by atoms with Crippen LogP contribution in [0.25, 0.3) is 0 Å². The summed E-state index contributed by atoms with van der Waals surface area (Å²) < 4.78 is 18.0. The third-order valence-corrected chi connectivity index (χ3v) is 1.75. The van der Waals surface area contributed by atoms with Gasteiger partial charge in [-0.05, 0) is 25.1 Å². The summed E-state index contributed by atoms with van der Waals surface area (Å²) in [5, 5.41) is 0. The number of rotatable bonds is 3. The van der Waals surface area contributed by atoms with Gasteiger partial charge in [-0.1, -0.05) is 12.1 Å². The minimum Gasteiger partial charge on any atom is -0.493 e. The Kier molecular flexibility index (Phi) is 3.40. The Morgan fingerprint density at radius 3 is 2.79 bits per heavy atom. The molecule has 0 aliphatic heterocycles. The highest BCUT2D eigenvalue weighted by Gasteiger charge is 2.12. The topological polar surface area (TPSA) is 26.3 Å². The normalized spacial score (nSPS) is 10.5. The van der Waals surface area contributed by atoms with Crippen molar-refractivity contribution in [3.05, 3.63) is 41.7 Å². The van der Waals surface area contributed by atoms with Gasteiger partial charge >= 0.3 is 0 Å². The first kappa shape index (κ1) is 10.4. The fraction of sp³-hybridized carbons (Fsp3) is 0.182. The molecule has 1 aromatic carbocycles. The van der Waals surface area contributed by atoms with E-state index in [2.05, 4.69) is 0 Å². The van der Waals surface area contributed by atoms with E-state index in [9.17, 15) is 9.18 Å². The van der Waals surface area contributed by atoms with Crippen LogP contribution in [0, 0.1) is 5.82 Å². The first-order chi connectivity index (χ1) is 6.70. The summed E-state index contributed by atoms with van der Waals surface area (Å²) in [5.41, 5.74) is 0.241. The fourth-order valence-electron chi connectivity index (χ4n) is 1.15. The molecule has 0 radical (unpaired) electrons. The number of benzene rings is 1. The molecule has 14 heavy (non-hydrogen) atoms. The van der Waals surface area contributed by atoms with Gasteiger partial charge in [0.05, 0.1) is 12.7 Å². The van der Waals surface area contributed by atoms with Crippen LogP contribution in [-0.2, 0) is 0 Å². The standard InChI is InChI=1S/C11H11FO2/c1-3-5-10(13)8-6-4-7-9(12)11(8)14-2/h3-7H,1-2H3. The van der Waals surface area contributed by atoms with Gasteiger partial charge in [0.25, 0.3) is 0 Å². The molecular formula is C11H11FO2. The molecule has 0 bridgehead atoms. The molecule has 0 aromatic heterocycles. The third-order valence-electron chi connectivity index (χ3n) is 1.75. The lowest BCUT2D eigenvalue weighted by Gasteiger charge is -2.05. The first-order valence-electron chi connectivity index (χ1n) is 4.20. The van der Waals surface area contributed by atoms with E-state index < -0.39 is 5.82 Å². The van der Waals surface area contributed by atoms with Crippen molar-refractivity contribution in [1.29, 1.82) is 0 Å². The lowest BCUT2D eigenvalue weighted by molar-refractivity contribution is 0.104. The van der Waals surface area contributed by atoms with Gasteiger partial charge in [0.2, 0.25) is 0 Å². The number of hydrogen-bond acceptors (Lipinski definition) is 2. The zero-order valence-corrected chi connectivity index (χ0v) is 8.08. The van der Waals surface area contributed by atoms with Gasteiger partial charge in [0.1, 0.15) is 0 Å². The molecule has 2 nitrogen and oxygen atoms in total. The van der Waals surface area contributed by atoms with Crippen molar-refractivity contribution in [2.45, 2.75) is 6.92 Å². The average Bonchev–Trinajstić information content (AvgIpc) is 2.17. The molecule has 0 saturated carbocycles. The Bertz CT molecular complexity index is 370. The number of carbonyl (C=O) groups is 1. The van der Waals surface area contributed by atoms with Crippen LogP contribution >= 0.6 is 0 Å². The van der Waals surface area contributed by atoms with E-state index >= 15 is 0 Å². The number of carbonyl (C=O) groups excluding carboxylic acids is 1. The third kappa shape index (κ3) is 1.99. The lowest BCUT2D eigenvalue weighted by Crippen LogP contribution is -2.00. The molecule has 0 spiro atoms. The van der Waals surface area contributed by atoms with E-state index in [1.165, 1.54) is 31.4 Å². The van der Waals surface area contributed by atoms with Crippen molar-refractivity contribution in [2.24, 2.45) is 0 Å². The Hall–Kier alpha value is -1.64. The number of ether oxygens (including phenoxy) is 1. The van der Waals surface area contributed by atoms with Gasteiger partial charge < -0.3 is 4.74 Å². The quantitative estimate of drug-likeness (QED) is 0.546. The molecule has 0 atom stereocenters. The van der Waals surface area contributed by atoms with Crippen LogP contribution in [-0.4, -0.2) is 12.9 Å². The first-order valence-corrected chi connectivity index (χ1v) is 4.20. The van der Waals surface area contributed by atoms with Gasteiger partial charge in [-0.15, -0.1) is 0 Å². The number of halogens is 1. The molecule has 0 aliphatic rings. The number of hydrogen-bond donors (Lipinski definition) is 0. The molecule has 0 aliphatic carbocycles. The van der Waals surface area contributed by atoms with Gasteiger partial charge in [0.15, 0.2) is 17.3 Å². The summed E-state index contributed by atoms with van der Waals surface area (Å²) in [6, 6.07) is 4.27. The summed E-state index contributed by atoms with van der Waals surface area (Å²) in [4.78, 5) is 11.4. The number of ketones is 1. The van der Waals surface area contributed by atoms with E-state index in [0.717, 1.165) is 0 Å². The van der Waals surface area contributed by atoms with Crippen LogP contribution in [0.1, 0.15) is 17.3 Å². The average molecular weight is 194 g/mol. The monoisotopic (exact) mass is 194 g/mol. The second-order valence-corrected chi connectivity index (χ2v) is 2.68. The highest BCUT2D eigenvalue weighted by molar-refractivity contribution is 6.06. The SMILES string of the molecule is CC=CC(=O)c1cccc(F)c1OC. The van der Waals surface area contributed by atoms with E-state index in [1.54, 1.807) is 13.0 Å². The number of allylic oxidation sites excluding steroid dienone is 2. The van der Waals surface area contributed by atoms with E-state index in [0.29, 0.717) is 0 Å². The Labute approximate surface area is 82.0 Å². The predicted molar refractivity (Wildman–Crippen MR) is 52.1 cm³/mol. The van der Waals surface area contributed by atoms with E-state index in [-0.39, 0.29) is 17.1 Å². The zero-order valence-electron chi connectivity index (χ0n) is 8.08. The van der Waals surface area contributed by atoms with Crippen LogP contribution < -0.4 is 4.74 Å². The molecule has 0 fully saturated rings. The summed E-state index contributed by atoms with van der Waals surface area (Å²) in [6.07, 6.45) is 2.98. The summed E-state index contributed by atoms with van der Waals surface area (Å²) >= 11 is 0. The molecule has 3 heteroatoms. The maximum Gasteiger partial charge on any atom is 0.189 e. The van der Waals surface area contributed by atoms with Gasteiger partial charge in [-0.3, -0.25) is 4.79 Å². The van der Waals surface area contributed by atoms with Crippen molar-refractivity contribution in [1.82, 2.24) is 0 Å². The highest BCUT2D eigenvalue weighted by Crippen LogP contribution is 2.22. The maximum atomic E-state index is 13.1. The predicted octanol–water partition coefficient (Wildman–Crippen LogP) is 2.59. The second kappa shape index (κ2) is 4.56. The molecule has 0 amide bonds. The fourth-order valence-corrected chi connectivity index (χ4v) is 1.15. The van der Waals surface area contributed by atoms with Gasteiger partial charge in [-0.25, -0.2) is 4.39 Å². The molecule has 1 rings (SSSR count). The zero-order chi connectivity index (χ0) is 10.6. The molecule has 0 N–H and O–H groups in total. The van der Waals surface area contributed by atoms with Crippen molar-refractivity contribution in [3.63, 3.8) is 0 Å². The number of methoxy groups -OCH3 is 1. The minimum absolute atomic E-state index is 0.00407. The Balaban J connectivity index is 3.20. The van der Waals surface area contributed by atoms with E-state index in [1.807, 2.05) is 0 Å². The summed E-state index contributed by atoms with van der Waals surface area (Å²) in [5.74, 6) is -0.790. The van der Waals surface area contributed by atoms with Crippen molar-refractivity contribution in [3.8, 4) is 5.75 Å². The van der Waals surface area contributed by atoms with E-state index in [4.69, 9.17) is 4.74 Å².